The Bertz CT molecular complexity index is 882. The Balaban J connectivity index is 1.71. The second-order valence-electron chi connectivity index (χ2n) is 5.46. The highest BCUT2D eigenvalue weighted by Gasteiger charge is 2.20. The van der Waals surface area contributed by atoms with Gasteiger partial charge < -0.3 is 9.88 Å². The van der Waals surface area contributed by atoms with E-state index >= 15 is 0 Å². The number of halogens is 1. The van der Waals surface area contributed by atoms with Crippen molar-refractivity contribution in [3.05, 3.63) is 60.4 Å². The molecule has 0 aliphatic heterocycles. The molecule has 128 valence electrons. The van der Waals surface area contributed by atoms with Crippen LogP contribution in [0, 0.1) is 5.82 Å². The molecule has 1 aromatic heterocycles. The van der Waals surface area contributed by atoms with Gasteiger partial charge in [-0.15, -0.1) is 10.2 Å². The smallest absolute Gasteiger partial charge is 0.237 e. The van der Waals surface area contributed by atoms with Crippen LogP contribution in [0.2, 0.25) is 0 Å². The molecule has 1 atom stereocenters. The minimum atomic E-state index is -0.460. The molecule has 0 spiro atoms. The number of hydrogen-bond donors (Lipinski definition) is 1. The molecule has 1 N–H and O–H groups in total. The Hall–Kier alpha value is -2.67. The van der Waals surface area contributed by atoms with Crippen molar-refractivity contribution in [1.82, 2.24) is 14.8 Å². The van der Waals surface area contributed by atoms with Crippen molar-refractivity contribution >= 4 is 23.4 Å². The summed E-state index contributed by atoms with van der Waals surface area (Å²) in [6, 6.07) is 15.8. The van der Waals surface area contributed by atoms with E-state index in [-0.39, 0.29) is 11.6 Å². The van der Waals surface area contributed by atoms with Gasteiger partial charge in [-0.1, -0.05) is 54.2 Å². The predicted molar refractivity (Wildman–Crippen MR) is 96.8 cm³/mol. The SMILES string of the molecule is C[C@@H](Sc1nnc(-c2ccccc2)n1C)C(=O)Nc1ccccc1F. The van der Waals surface area contributed by atoms with Gasteiger partial charge >= 0.3 is 0 Å². The van der Waals surface area contributed by atoms with Crippen molar-refractivity contribution in [2.75, 3.05) is 5.32 Å². The summed E-state index contributed by atoms with van der Waals surface area (Å²) in [6.45, 7) is 1.75. The van der Waals surface area contributed by atoms with E-state index in [2.05, 4.69) is 15.5 Å². The zero-order valence-corrected chi connectivity index (χ0v) is 14.6. The van der Waals surface area contributed by atoms with Gasteiger partial charge in [-0.05, 0) is 19.1 Å². The summed E-state index contributed by atoms with van der Waals surface area (Å²) >= 11 is 1.27. The number of nitrogens with zero attached hydrogens (tertiary/aromatic N) is 3. The van der Waals surface area contributed by atoms with Gasteiger partial charge in [0.1, 0.15) is 5.82 Å². The maximum Gasteiger partial charge on any atom is 0.237 e. The van der Waals surface area contributed by atoms with Crippen molar-refractivity contribution in [2.45, 2.75) is 17.3 Å². The Morgan fingerprint density at radius 3 is 2.52 bits per heavy atom. The lowest BCUT2D eigenvalue weighted by molar-refractivity contribution is -0.115. The molecule has 0 unspecified atom stereocenters. The molecule has 0 saturated heterocycles. The lowest BCUT2D eigenvalue weighted by Crippen LogP contribution is -2.23. The lowest BCUT2D eigenvalue weighted by atomic mass is 10.2. The Morgan fingerprint density at radius 2 is 1.80 bits per heavy atom. The summed E-state index contributed by atoms with van der Waals surface area (Å²) in [5.41, 5.74) is 1.12. The van der Waals surface area contributed by atoms with Gasteiger partial charge in [0, 0.05) is 12.6 Å². The van der Waals surface area contributed by atoms with E-state index in [9.17, 15) is 9.18 Å². The molecule has 3 rings (SSSR count). The summed E-state index contributed by atoms with van der Waals surface area (Å²) in [6.07, 6.45) is 0. The number of nitrogens with one attached hydrogen (secondary N) is 1. The number of aromatic nitrogens is 3. The summed E-state index contributed by atoms with van der Waals surface area (Å²) in [5, 5.41) is 11.1. The molecular formula is C18H17FN4OS. The number of carbonyl (C=O) groups is 1. The third kappa shape index (κ3) is 3.88. The van der Waals surface area contributed by atoms with E-state index in [1.165, 1.54) is 23.9 Å². The highest BCUT2D eigenvalue weighted by molar-refractivity contribution is 8.00. The van der Waals surface area contributed by atoms with Crippen molar-refractivity contribution in [1.29, 1.82) is 0 Å². The normalized spacial score (nSPS) is 12.0. The maximum absolute atomic E-state index is 13.6. The summed E-state index contributed by atoms with van der Waals surface area (Å²) < 4.78 is 15.5. The van der Waals surface area contributed by atoms with Gasteiger partial charge in [0.15, 0.2) is 11.0 Å². The number of para-hydroxylation sites is 1. The number of thioether (sulfide) groups is 1. The van der Waals surface area contributed by atoms with Gasteiger partial charge in [-0.3, -0.25) is 4.79 Å². The van der Waals surface area contributed by atoms with E-state index in [0.717, 1.165) is 11.4 Å². The predicted octanol–water partition coefficient (Wildman–Crippen LogP) is 3.74. The van der Waals surface area contributed by atoms with Crippen LogP contribution in [0.25, 0.3) is 11.4 Å². The number of hydrogen-bond acceptors (Lipinski definition) is 4. The number of anilines is 1. The third-order valence-corrected chi connectivity index (χ3v) is 4.78. The number of amides is 1. The topological polar surface area (TPSA) is 59.8 Å². The molecule has 0 aliphatic rings. The molecule has 1 amide bonds. The average molecular weight is 356 g/mol. The summed E-state index contributed by atoms with van der Waals surface area (Å²) in [4.78, 5) is 12.3. The van der Waals surface area contributed by atoms with Crippen LogP contribution in [-0.4, -0.2) is 25.9 Å². The van der Waals surface area contributed by atoms with Gasteiger partial charge in [0.05, 0.1) is 10.9 Å². The van der Waals surface area contributed by atoms with E-state index in [0.29, 0.717) is 5.16 Å². The molecule has 0 bridgehead atoms. The minimum Gasteiger partial charge on any atom is -0.323 e. The number of benzene rings is 2. The standard InChI is InChI=1S/C18H17FN4OS/c1-12(17(24)20-15-11-7-6-10-14(15)19)25-18-22-21-16(23(18)2)13-8-4-3-5-9-13/h3-12H,1-2H3,(H,20,24)/t12-/m1/s1. The first-order chi connectivity index (χ1) is 12.1. The lowest BCUT2D eigenvalue weighted by Gasteiger charge is -2.12. The fourth-order valence-electron chi connectivity index (χ4n) is 2.26. The average Bonchev–Trinajstić information content (AvgIpc) is 2.98. The molecule has 0 fully saturated rings. The van der Waals surface area contributed by atoms with E-state index in [1.807, 2.05) is 41.9 Å². The third-order valence-electron chi connectivity index (χ3n) is 3.65. The molecule has 3 aromatic rings. The summed E-state index contributed by atoms with van der Waals surface area (Å²) in [7, 11) is 1.85. The molecule has 5 nitrogen and oxygen atoms in total. The van der Waals surface area contributed by atoms with Crippen molar-refractivity contribution in [3.8, 4) is 11.4 Å². The van der Waals surface area contributed by atoms with Crippen LogP contribution >= 0.6 is 11.8 Å². The van der Waals surface area contributed by atoms with Crippen molar-refractivity contribution < 1.29 is 9.18 Å². The quantitative estimate of drug-likeness (QED) is 0.708. The van der Waals surface area contributed by atoms with Crippen LogP contribution in [0.15, 0.2) is 59.8 Å². The van der Waals surface area contributed by atoms with E-state index < -0.39 is 11.1 Å². The van der Waals surface area contributed by atoms with Crippen molar-refractivity contribution in [3.63, 3.8) is 0 Å². The minimum absolute atomic E-state index is 0.169. The van der Waals surface area contributed by atoms with Crippen LogP contribution in [0.5, 0.6) is 0 Å². The number of rotatable bonds is 5. The highest BCUT2D eigenvalue weighted by atomic mass is 32.2. The molecular weight excluding hydrogens is 339 g/mol. The Labute approximate surface area is 149 Å². The fourth-order valence-corrected chi connectivity index (χ4v) is 3.08. The summed E-state index contributed by atoms with van der Waals surface area (Å²) in [5.74, 6) is -0.0257. The maximum atomic E-state index is 13.6. The highest BCUT2D eigenvalue weighted by Crippen LogP contribution is 2.26. The molecule has 1 heterocycles. The van der Waals surface area contributed by atoms with Gasteiger partial charge in [0.25, 0.3) is 0 Å². The largest absolute Gasteiger partial charge is 0.323 e. The second kappa shape index (κ2) is 7.48. The van der Waals surface area contributed by atoms with Crippen LogP contribution < -0.4 is 5.32 Å². The first-order valence-corrected chi connectivity index (χ1v) is 8.61. The molecule has 0 radical (unpaired) electrons. The zero-order valence-electron chi connectivity index (χ0n) is 13.8. The first-order valence-electron chi connectivity index (χ1n) is 7.73. The molecule has 25 heavy (non-hydrogen) atoms. The van der Waals surface area contributed by atoms with E-state index in [1.54, 1.807) is 19.1 Å². The van der Waals surface area contributed by atoms with Crippen LogP contribution in [0.4, 0.5) is 10.1 Å². The fraction of sp³-hybridized carbons (Fsp3) is 0.167. The van der Waals surface area contributed by atoms with Crippen molar-refractivity contribution in [2.24, 2.45) is 7.05 Å². The van der Waals surface area contributed by atoms with Gasteiger partial charge in [-0.2, -0.15) is 0 Å². The Kier molecular flexibility index (Phi) is 5.14. The Morgan fingerprint density at radius 1 is 1.12 bits per heavy atom. The molecule has 2 aromatic carbocycles. The number of carbonyl (C=O) groups excluding carboxylic acids is 1. The van der Waals surface area contributed by atoms with Gasteiger partial charge in [-0.25, -0.2) is 4.39 Å². The molecule has 7 heteroatoms. The van der Waals surface area contributed by atoms with E-state index in [4.69, 9.17) is 0 Å². The zero-order chi connectivity index (χ0) is 17.8. The van der Waals surface area contributed by atoms with Crippen LogP contribution in [0.3, 0.4) is 0 Å². The van der Waals surface area contributed by atoms with Crippen LogP contribution in [0.1, 0.15) is 6.92 Å². The monoisotopic (exact) mass is 356 g/mol. The van der Waals surface area contributed by atoms with Crippen LogP contribution in [-0.2, 0) is 11.8 Å². The molecule has 0 saturated carbocycles. The second-order valence-corrected chi connectivity index (χ2v) is 6.77. The first kappa shape index (κ1) is 17.2. The van der Waals surface area contributed by atoms with Gasteiger partial charge in [0.2, 0.25) is 5.91 Å². The molecule has 0 aliphatic carbocycles.